The molecule has 78 valence electrons. The minimum Gasteiger partial charge on any atom is -0.443 e. The number of ether oxygens (including phenoxy) is 1. The maximum absolute atomic E-state index is 11.7. The van der Waals surface area contributed by atoms with Gasteiger partial charge in [0.15, 0.2) is 0 Å². The molecule has 0 aliphatic heterocycles. The molecule has 0 radical (unpaired) electrons. The van der Waals surface area contributed by atoms with Crippen molar-refractivity contribution in [2.75, 3.05) is 0 Å². The summed E-state index contributed by atoms with van der Waals surface area (Å²) in [6.07, 6.45) is -0.323. The molecule has 0 N–H and O–H groups in total. The van der Waals surface area contributed by atoms with Gasteiger partial charge in [0.2, 0.25) is 0 Å². The summed E-state index contributed by atoms with van der Waals surface area (Å²) in [5.41, 5.74) is -0.451. The highest BCUT2D eigenvalue weighted by atomic mass is 127. The van der Waals surface area contributed by atoms with Gasteiger partial charge in [-0.05, 0) is 78.1 Å². The SMILES string of the molecule is CC(C)(C)OC(=O)n1c(I)ccc1I. The van der Waals surface area contributed by atoms with Crippen molar-refractivity contribution >= 4 is 51.3 Å². The molecule has 0 amide bonds. The minimum absolute atomic E-state index is 0.323. The highest BCUT2D eigenvalue weighted by Gasteiger charge is 2.20. The number of hydrogen-bond donors (Lipinski definition) is 0. The molecule has 14 heavy (non-hydrogen) atoms. The van der Waals surface area contributed by atoms with Crippen LogP contribution in [0.2, 0.25) is 0 Å². The Labute approximate surface area is 110 Å². The first-order valence-corrected chi connectivity index (χ1v) is 6.23. The first-order chi connectivity index (χ1) is 6.31. The number of aromatic nitrogens is 1. The molecule has 0 saturated heterocycles. The van der Waals surface area contributed by atoms with Crippen LogP contribution in [-0.4, -0.2) is 16.3 Å². The molecule has 0 aliphatic rings. The Morgan fingerprint density at radius 3 is 2.07 bits per heavy atom. The molecule has 0 aliphatic carbocycles. The van der Waals surface area contributed by atoms with Crippen LogP contribution < -0.4 is 0 Å². The summed E-state index contributed by atoms with van der Waals surface area (Å²) >= 11 is 4.21. The van der Waals surface area contributed by atoms with Gasteiger partial charge in [0, 0.05) is 0 Å². The largest absolute Gasteiger partial charge is 0.443 e. The highest BCUT2D eigenvalue weighted by molar-refractivity contribution is 14.1. The molecule has 0 bridgehead atoms. The van der Waals surface area contributed by atoms with Crippen LogP contribution in [0.1, 0.15) is 20.8 Å². The van der Waals surface area contributed by atoms with Crippen molar-refractivity contribution in [3.63, 3.8) is 0 Å². The summed E-state index contributed by atoms with van der Waals surface area (Å²) in [4.78, 5) is 11.7. The third-order valence-corrected chi connectivity index (χ3v) is 3.05. The van der Waals surface area contributed by atoms with E-state index in [1.54, 1.807) is 4.57 Å². The Morgan fingerprint density at radius 2 is 1.71 bits per heavy atom. The molecule has 0 aromatic carbocycles. The maximum Gasteiger partial charge on any atom is 0.420 e. The first kappa shape index (κ1) is 12.3. The molecule has 3 nitrogen and oxygen atoms in total. The minimum atomic E-state index is -0.451. The van der Waals surface area contributed by atoms with E-state index in [-0.39, 0.29) is 6.09 Å². The van der Waals surface area contributed by atoms with E-state index >= 15 is 0 Å². The lowest BCUT2D eigenvalue weighted by atomic mass is 10.2. The zero-order valence-electron chi connectivity index (χ0n) is 8.17. The van der Waals surface area contributed by atoms with Crippen LogP contribution in [0.25, 0.3) is 0 Å². The zero-order chi connectivity index (χ0) is 10.9. The predicted molar refractivity (Wildman–Crippen MR) is 71.5 cm³/mol. The zero-order valence-corrected chi connectivity index (χ0v) is 12.5. The van der Waals surface area contributed by atoms with Crippen LogP contribution in [0.3, 0.4) is 0 Å². The van der Waals surface area contributed by atoms with Crippen molar-refractivity contribution < 1.29 is 9.53 Å². The molecule has 0 unspecified atom stereocenters. The van der Waals surface area contributed by atoms with Crippen LogP contribution in [0.5, 0.6) is 0 Å². The summed E-state index contributed by atoms with van der Waals surface area (Å²) < 4.78 is 8.53. The van der Waals surface area contributed by atoms with Crippen LogP contribution in [0.4, 0.5) is 4.79 Å². The molecule has 0 saturated carbocycles. The molecule has 1 heterocycles. The van der Waals surface area contributed by atoms with Gasteiger partial charge in [-0.2, -0.15) is 0 Å². The van der Waals surface area contributed by atoms with Crippen molar-refractivity contribution in [1.29, 1.82) is 0 Å². The lowest BCUT2D eigenvalue weighted by Crippen LogP contribution is -2.28. The van der Waals surface area contributed by atoms with Gasteiger partial charge in [-0.15, -0.1) is 0 Å². The Bertz CT molecular complexity index is 333. The van der Waals surface area contributed by atoms with Crippen molar-refractivity contribution in [1.82, 2.24) is 4.57 Å². The Hall–Kier alpha value is 0.210. The van der Waals surface area contributed by atoms with Gasteiger partial charge < -0.3 is 4.74 Å². The number of carbonyl (C=O) groups excluding carboxylic acids is 1. The summed E-state index contributed by atoms with van der Waals surface area (Å²) in [6, 6.07) is 3.76. The van der Waals surface area contributed by atoms with Crippen LogP contribution in [0.15, 0.2) is 12.1 Å². The van der Waals surface area contributed by atoms with Gasteiger partial charge in [0.05, 0.1) is 7.40 Å². The Balaban J connectivity index is 2.90. The van der Waals surface area contributed by atoms with E-state index in [1.165, 1.54) is 0 Å². The molecule has 1 aromatic rings. The lowest BCUT2D eigenvalue weighted by Gasteiger charge is -2.20. The molecular formula is C9H11I2NO2. The fourth-order valence-electron chi connectivity index (χ4n) is 0.871. The summed E-state index contributed by atoms with van der Waals surface area (Å²) in [6.45, 7) is 5.57. The molecule has 0 fully saturated rings. The maximum atomic E-state index is 11.7. The van der Waals surface area contributed by atoms with Crippen LogP contribution >= 0.6 is 45.2 Å². The lowest BCUT2D eigenvalue weighted by molar-refractivity contribution is 0.0529. The monoisotopic (exact) mass is 419 g/mol. The highest BCUT2D eigenvalue weighted by Crippen LogP contribution is 2.17. The molecule has 0 atom stereocenters. The number of halogens is 2. The number of hydrogen-bond acceptors (Lipinski definition) is 2. The standard InChI is InChI=1S/C9H11I2NO2/c1-9(2,3)14-8(13)12-6(10)4-5-7(12)11/h4-5H,1-3H3. The van der Waals surface area contributed by atoms with E-state index < -0.39 is 5.60 Å². The van der Waals surface area contributed by atoms with Gasteiger partial charge >= 0.3 is 6.09 Å². The van der Waals surface area contributed by atoms with Crippen molar-refractivity contribution in [3.8, 4) is 0 Å². The second-order valence-corrected chi connectivity index (χ2v) is 6.01. The molecule has 0 spiro atoms. The van der Waals surface area contributed by atoms with Gasteiger partial charge in [-0.1, -0.05) is 0 Å². The second-order valence-electron chi connectivity index (χ2n) is 3.79. The molecule has 5 heteroatoms. The average molecular weight is 419 g/mol. The Kier molecular flexibility index (Phi) is 3.84. The fraction of sp³-hybridized carbons (Fsp3) is 0.444. The van der Waals surface area contributed by atoms with Crippen LogP contribution in [-0.2, 0) is 4.74 Å². The van der Waals surface area contributed by atoms with E-state index in [9.17, 15) is 4.79 Å². The van der Waals surface area contributed by atoms with Crippen LogP contribution in [0, 0.1) is 7.40 Å². The van der Waals surface area contributed by atoms with Gasteiger partial charge in [-0.3, -0.25) is 0 Å². The molecule has 1 rings (SSSR count). The van der Waals surface area contributed by atoms with Crippen molar-refractivity contribution in [3.05, 3.63) is 19.5 Å². The van der Waals surface area contributed by atoms with E-state index in [2.05, 4.69) is 45.2 Å². The van der Waals surface area contributed by atoms with Crippen molar-refractivity contribution in [2.45, 2.75) is 26.4 Å². The average Bonchev–Trinajstić information content (AvgIpc) is 2.27. The van der Waals surface area contributed by atoms with E-state index in [1.807, 2.05) is 32.9 Å². The predicted octanol–water partition coefficient (Wildman–Crippen LogP) is 3.48. The van der Waals surface area contributed by atoms with Crippen molar-refractivity contribution in [2.24, 2.45) is 0 Å². The summed E-state index contributed by atoms with van der Waals surface area (Å²) in [5, 5.41) is 0. The Morgan fingerprint density at radius 1 is 1.29 bits per heavy atom. The van der Waals surface area contributed by atoms with Gasteiger partial charge in [0.1, 0.15) is 5.60 Å². The third kappa shape index (κ3) is 3.11. The normalized spacial score (nSPS) is 11.5. The first-order valence-electron chi connectivity index (χ1n) is 4.07. The van der Waals surface area contributed by atoms with Gasteiger partial charge in [-0.25, -0.2) is 9.36 Å². The van der Waals surface area contributed by atoms with Gasteiger partial charge in [0.25, 0.3) is 0 Å². The number of carbonyl (C=O) groups is 1. The fourth-order valence-corrected chi connectivity index (χ4v) is 2.61. The molecule has 1 aromatic heterocycles. The van der Waals surface area contributed by atoms with E-state index in [0.717, 1.165) is 7.40 Å². The van der Waals surface area contributed by atoms with E-state index in [0.29, 0.717) is 0 Å². The smallest absolute Gasteiger partial charge is 0.420 e. The number of rotatable bonds is 0. The molecular weight excluding hydrogens is 408 g/mol. The summed E-state index contributed by atoms with van der Waals surface area (Å²) in [5.74, 6) is 0. The summed E-state index contributed by atoms with van der Waals surface area (Å²) in [7, 11) is 0. The third-order valence-electron chi connectivity index (χ3n) is 1.36. The topological polar surface area (TPSA) is 31.2 Å². The second kappa shape index (κ2) is 4.38. The van der Waals surface area contributed by atoms with E-state index in [4.69, 9.17) is 4.74 Å². The quantitative estimate of drug-likeness (QED) is 0.604. The number of nitrogens with zero attached hydrogens (tertiary/aromatic N) is 1.